The molecule has 2 rings (SSSR count). The number of ether oxygens (including phenoxy) is 1. The van der Waals surface area contributed by atoms with Crippen molar-refractivity contribution in [2.45, 2.75) is 12.1 Å². The standard InChI is InChI=1S/C14H25N5O4S/c1-17-7-8-23-12(14(17)11-5-6-16-19(11)3)9-15-13(20)10-18(2)24(4,21)22/h5-6,12,14H,7-10H2,1-4H3,(H,15,20)/t12-,14-/m0/s1. The van der Waals surface area contributed by atoms with Crippen LogP contribution in [-0.4, -0.2) is 86.0 Å². The Morgan fingerprint density at radius 2 is 2.21 bits per heavy atom. The van der Waals surface area contributed by atoms with E-state index in [0.717, 1.165) is 22.8 Å². The van der Waals surface area contributed by atoms with Gasteiger partial charge in [0.15, 0.2) is 0 Å². The monoisotopic (exact) mass is 359 g/mol. The van der Waals surface area contributed by atoms with Gasteiger partial charge in [0, 0.05) is 33.4 Å². The molecule has 0 spiro atoms. The van der Waals surface area contributed by atoms with Crippen LogP contribution in [0.1, 0.15) is 11.7 Å². The van der Waals surface area contributed by atoms with Crippen LogP contribution in [0.2, 0.25) is 0 Å². The number of sulfonamides is 1. The maximum absolute atomic E-state index is 12.0. The minimum Gasteiger partial charge on any atom is -0.373 e. The van der Waals surface area contributed by atoms with Gasteiger partial charge in [-0.05, 0) is 13.1 Å². The van der Waals surface area contributed by atoms with Crippen molar-refractivity contribution in [3.05, 3.63) is 18.0 Å². The summed E-state index contributed by atoms with van der Waals surface area (Å²) in [5.41, 5.74) is 1.00. The molecule has 0 radical (unpaired) electrons. The van der Waals surface area contributed by atoms with Crippen molar-refractivity contribution in [3.63, 3.8) is 0 Å². The number of hydrogen-bond acceptors (Lipinski definition) is 6. The van der Waals surface area contributed by atoms with Crippen molar-refractivity contribution in [1.82, 2.24) is 24.3 Å². The molecule has 0 aromatic carbocycles. The van der Waals surface area contributed by atoms with E-state index in [4.69, 9.17) is 4.74 Å². The summed E-state index contributed by atoms with van der Waals surface area (Å²) in [6.07, 6.45) is 2.57. The number of carbonyl (C=O) groups is 1. The third-order valence-electron chi connectivity index (χ3n) is 4.20. The van der Waals surface area contributed by atoms with E-state index in [1.54, 1.807) is 10.9 Å². The molecule has 1 aliphatic heterocycles. The van der Waals surface area contributed by atoms with Crippen molar-refractivity contribution < 1.29 is 17.9 Å². The second-order valence-corrected chi connectivity index (χ2v) is 8.13. The number of likely N-dealkylation sites (N-methyl/N-ethyl adjacent to an activating group) is 2. The topological polar surface area (TPSA) is 96.8 Å². The molecule has 0 saturated carbocycles. The number of nitrogens with zero attached hydrogens (tertiary/aromatic N) is 4. The lowest BCUT2D eigenvalue weighted by Gasteiger charge is -2.39. The average Bonchev–Trinajstić information content (AvgIpc) is 2.90. The van der Waals surface area contributed by atoms with Crippen LogP contribution in [0.5, 0.6) is 0 Å². The van der Waals surface area contributed by atoms with Crippen molar-refractivity contribution in [3.8, 4) is 0 Å². The van der Waals surface area contributed by atoms with Crippen molar-refractivity contribution in [2.75, 3.05) is 46.6 Å². The van der Waals surface area contributed by atoms with Gasteiger partial charge in [0.25, 0.3) is 0 Å². The Hall–Kier alpha value is -1.49. The Kier molecular flexibility index (Phi) is 5.97. The Bertz CT molecular complexity index is 674. The SMILES string of the molecule is CN1CCO[C@@H](CNC(=O)CN(C)S(C)(=O)=O)[C@@H]1c1ccnn1C. The number of aryl methyl sites for hydroxylation is 1. The van der Waals surface area contributed by atoms with Gasteiger partial charge >= 0.3 is 0 Å². The van der Waals surface area contributed by atoms with E-state index < -0.39 is 10.0 Å². The van der Waals surface area contributed by atoms with E-state index in [1.807, 2.05) is 20.2 Å². The lowest BCUT2D eigenvalue weighted by atomic mass is 10.0. The van der Waals surface area contributed by atoms with Gasteiger partial charge in [-0.25, -0.2) is 8.42 Å². The number of nitrogens with one attached hydrogen (secondary N) is 1. The Labute approximate surface area is 142 Å². The van der Waals surface area contributed by atoms with E-state index in [1.165, 1.54) is 7.05 Å². The zero-order valence-electron chi connectivity index (χ0n) is 14.5. The fourth-order valence-electron chi connectivity index (χ4n) is 2.71. The lowest BCUT2D eigenvalue weighted by molar-refractivity contribution is -0.123. The van der Waals surface area contributed by atoms with Crippen molar-refractivity contribution >= 4 is 15.9 Å². The first-order chi connectivity index (χ1) is 11.2. The molecule has 2 heterocycles. The zero-order valence-corrected chi connectivity index (χ0v) is 15.3. The highest BCUT2D eigenvalue weighted by Crippen LogP contribution is 2.27. The largest absolute Gasteiger partial charge is 0.373 e. The van der Waals surface area contributed by atoms with Gasteiger partial charge in [-0.1, -0.05) is 0 Å². The van der Waals surface area contributed by atoms with Crippen LogP contribution in [0.3, 0.4) is 0 Å². The highest BCUT2D eigenvalue weighted by atomic mass is 32.2. The van der Waals surface area contributed by atoms with E-state index >= 15 is 0 Å². The molecule has 0 aliphatic carbocycles. The molecular weight excluding hydrogens is 334 g/mol. The normalized spacial score (nSPS) is 22.7. The number of morpholine rings is 1. The molecule has 1 aliphatic rings. The molecule has 1 saturated heterocycles. The molecule has 0 unspecified atom stereocenters. The predicted octanol–water partition coefficient (Wildman–Crippen LogP) is -1.20. The number of carbonyl (C=O) groups excluding carboxylic acids is 1. The number of amides is 1. The molecule has 1 aromatic rings. The molecule has 2 atom stereocenters. The highest BCUT2D eigenvalue weighted by Gasteiger charge is 2.33. The highest BCUT2D eigenvalue weighted by molar-refractivity contribution is 7.88. The number of rotatable bonds is 6. The molecule has 1 amide bonds. The van der Waals surface area contributed by atoms with Crippen LogP contribution < -0.4 is 5.32 Å². The summed E-state index contributed by atoms with van der Waals surface area (Å²) < 4.78 is 31.4. The van der Waals surface area contributed by atoms with Crippen LogP contribution >= 0.6 is 0 Å². The number of aromatic nitrogens is 2. The molecule has 9 nitrogen and oxygen atoms in total. The molecule has 10 heteroatoms. The van der Waals surface area contributed by atoms with E-state index in [0.29, 0.717) is 13.2 Å². The fraction of sp³-hybridized carbons (Fsp3) is 0.714. The van der Waals surface area contributed by atoms with Crippen LogP contribution in [0.4, 0.5) is 0 Å². The van der Waals surface area contributed by atoms with Gasteiger partial charge in [0.05, 0.1) is 37.2 Å². The number of hydrogen-bond donors (Lipinski definition) is 1. The van der Waals surface area contributed by atoms with E-state index in [-0.39, 0.29) is 24.6 Å². The third kappa shape index (κ3) is 4.53. The maximum Gasteiger partial charge on any atom is 0.235 e. The van der Waals surface area contributed by atoms with Gasteiger partial charge < -0.3 is 10.1 Å². The van der Waals surface area contributed by atoms with Gasteiger partial charge in [-0.2, -0.15) is 9.40 Å². The predicted molar refractivity (Wildman–Crippen MR) is 88.8 cm³/mol. The summed E-state index contributed by atoms with van der Waals surface area (Å²) >= 11 is 0. The second kappa shape index (κ2) is 7.60. The fourth-order valence-corrected chi connectivity index (χ4v) is 3.06. The summed E-state index contributed by atoms with van der Waals surface area (Å²) in [5, 5.41) is 6.96. The molecule has 0 bridgehead atoms. The first kappa shape index (κ1) is 18.8. The molecule has 24 heavy (non-hydrogen) atoms. The molecule has 136 valence electrons. The Morgan fingerprint density at radius 1 is 1.50 bits per heavy atom. The van der Waals surface area contributed by atoms with Gasteiger partial charge in [-0.15, -0.1) is 0 Å². The van der Waals surface area contributed by atoms with Crippen LogP contribution in [0.25, 0.3) is 0 Å². The Morgan fingerprint density at radius 3 is 2.79 bits per heavy atom. The van der Waals surface area contributed by atoms with E-state index in [2.05, 4.69) is 15.3 Å². The maximum atomic E-state index is 12.0. The summed E-state index contributed by atoms with van der Waals surface area (Å²) in [5.74, 6) is -0.358. The molecule has 1 N–H and O–H groups in total. The summed E-state index contributed by atoms with van der Waals surface area (Å²) in [6.45, 7) is 1.46. The van der Waals surface area contributed by atoms with Crippen LogP contribution in [0, 0.1) is 0 Å². The first-order valence-electron chi connectivity index (χ1n) is 7.68. The summed E-state index contributed by atoms with van der Waals surface area (Å²) in [6, 6.07) is 1.90. The quantitative estimate of drug-likeness (QED) is 0.685. The molecule has 1 aromatic heterocycles. The first-order valence-corrected chi connectivity index (χ1v) is 9.52. The lowest BCUT2D eigenvalue weighted by Crippen LogP contribution is -2.50. The minimum absolute atomic E-state index is 0.0285. The summed E-state index contributed by atoms with van der Waals surface area (Å²) in [4.78, 5) is 14.1. The smallest absolute Gasteiger partial charge is 0.235 e. The van der Waals surface area contributed by atoms with Crippen molar-refractivity contribution in [1.29, 1.82) is 0 Å². The Balaban J connectivity index is 1.99. The molecular formula is C14H25N5O4S. The van der Waals surface area contributed by atoms with E-state index in [9.17, 15) is 13.2 Å². The minimum atomic E-state index is -3.38. The van der Waals surface area contributed by atoms with Gasteiger partial charge in [-0.3, -0.25) is 14.4 Å². The zero-order chi connectivity index (χ0) is 17.9. The average molecular weight is 359 g/mol. The van der Waals surface area contributed by atoms with Gasteiger partial charge in [0.1, 0.15) is 0 Å². The van der Waals surface area contributed by atoms with Crippen molar-refractivity contribution in [2.24, 2.45) is 7.05 Å². The van der Waals surface area contributed by atoms with Gasteiger partial charge in [0.2, 0.25) is 15.9 Å². The summed E-state index contributed by atoms with van der Waals surface area (Å²) in [7, 11) is 1.87. The second-order valence-electron chi connectivity index (χ2n) is 6.04. The third-order valence-corrected chi connectivity index (χ3v) is 5.46. The van der Waals surface area contributed by atoms with Crippen LogP contribution in [-0.2, 0) is 26.6 Å². The van der Waals surface area contributed by atoms with Crippen LogP contribution in [0.15, 0.2) is 12.3 Å². The molecule has 1 fully saturated rings.